The van der Waals surface area contributed by atoms with Crippen molar-refractivity contribution in [3.8, 4) is 0 Å². The van der Waals surface area contributed by atoms with Crippen LogP contribution < -0.4 is 5.32 Å². The summed E-state index contributed by atoms with van der Waals surface area (Å²) in [5.41, 5.74) is 0.930. The van der Waals surface area contributed by atoms with Gasteiger partial charge in [0.05, 0.1) is 18.3 Å². The fraction of sp³-hybridized carbons (Fsp3) is 0.538. The molecule has 0 aliphatic carbocycles. The number of pyridine rings is 1. The Balaban J connectivity index is 0.00000162. The summed E-state index contributed by atoms with van der Waals surface area (Å²) in [4.78, 5) is 18.1. The highest BCUT2D eigenvalue weighted by Gasteiger charge is 2.23. The van der Waals surface area contributed by atoms with Gasteiger partial charge in [-0.2, -0.15) is 0 Å². The molecule has 108 valence electrons. The van der Waals surface area contributed by atoms with Crippen molar-refractivity contribution in [3.63, 3.8) is 0 Å². The van der Waals surface area contributed by atoms with Gasteiger partial charge < -0.3 is 10.2 Å². The number of amides is 1. The molecule has 1 aliphatic heterocycles. The Morgan fingerprint density at radius 1 is 1.42 bits per heavy atom. The lowest BCUT2D eigenvalue weighted by atomic mass is 10.0. The van der Waals surface area contributed by atoms with Crippen LogP contribution in [0.1, 0.15) is 25.0 Å². The summed E-state index contributed by atoms with van der Waals surface area (Å²) >= 11 is 0. The fourth-order valence-electron chi connectivity index (χ4n) is 2.14. The summed E-state index contributed by atoms with van der Waals surface area (Å²) in [5.74, 6) is 0.176. The lowest BCUT2D eigenvalue weighted by Crippen LogP contribution is -2.47. The fourth-order valence-corrected chi connectivity index (χ4v) is 2.14. The average Bonchev–Trinajstić information content (AvgIpc) is 2.40. The zero-order valence-corrected chi connectivity index (χ0v) is 12.7. The molecule has 1 aliphatic rings. The summed E-state index contributed by atoms with van der Waals surface area (Å²) < 4.78 is 0. The van der Waals surface area contributed by atoms with Gasteiger partial charge in [0.2, 0.25) is 5.91 Å². The summed E-state index contributed by atoms with van der Waals surface area (Å²) in [6.45, 7) is 1.53. The van der Waals surface area contributed by atoms with E-state index in [0.29, 0.717) is 6.54 Å². The van der Waals surface area contributed by atoms with Crippen molar-refractivity contribution in [2.75, 3.05) is 13.6 Å². The molecule has 19 heavy (non-hydrogen) atoms. The number of halogens is 2. The Labute approximate surface area is 126 Å². The van der Waals surface area contributed by atoms with Gasteiger partial charge in [-0.15, -0.1) is 24.8 Å². The lowest BCUT2D eigenvalue weighted by molar-refractivity contribution is -0.133. The molecule has 1 atom stereocenters. The predicted molar refractivity (Wildman–Crippen MR) is 80.8 cm³/mol. The van der Waals surface area contributed by atoms with E-state index < -0.39 is 0 Å². The first-order valence-corrected chi connectivity index (χ1v) is 6.15. The molecule has 1 amide bonds. The number of nitrogens with one attached hydrogen (secondary N) is 1. The molecule has 2 rings (SSSR count). The van der Waals surface area contributed by atoms with Crippen molar-refractivity contribution >= 4 is 30.7 Å². The van der Waals surface area contributed by atoms with Gasteiger partial charge in [-0.3, -0.25) is 9.78 Å². The van der Waals surface area contributed by atoms with Crippen molar-refractivity contribution in [3.05, 3.63) is 30.1 Å². The van der Waals surface area contributed by atoms with Gasteiger partial charge in [-0.05, 0) is 31.5 Å². The number of hydrogen-bond acceptors (Lipinski definition) is 3. The molecule has 1 aromatic rings. The van der Waals surface area contributed by atoms with Crippen LogP contribution in [0.5, 0.6) is 0 Å². The molecule has 1 fully saturated rings. The molecule has 0 unspecified atom stereocenters. The van der Waals surface area contributed by atoms with Crippen LogP contribution in [-0.4, -0.2) is 35.4 Å². The minimum absolute atomic E-state index is 0. The maximum absolute atomic E-state index is 12.1. The lowest BCUT2D eigenvalue weighted by Gasteiger charge is -2.27. The molecule has 0 saturated carbocycles. The molecular formula is C13H21Cl2N3O. The highest BCUT2D eigenvalue weighted by atomic mass is 35.5. The van der Waals surface area contributed by atoms with E-state index >= 15 is 0 Å². The van der Waals surface area contributed by atoms with E-state index in [1.807, 2.05) is 25.2 Å². The van der Waals surface area contributed by atoms with Crippen LogP contribution in [0, 0.1) is 0 Å². The van der Waals surface area contributed by atoms with E-state index in [1.165, 1.54) is 6.42 Å². The van der Waals surface area contributed by atoms with E-state index in [1.54, 1.807) is 11.1 Å². The van der Waals surface area contributed by atoms with Crippen molar-refractivity contribution in [2.45, 2.75) is 31.8 Å². The molecule has 2 heterocycles. The molecule has 6 heteroatoms. The zero-order chi connectivity index (χ0) is 12.1. The Bertz CT molecular complexity index is 369. The van der Waals surface area contributed by atoms with Crippen LogP contribution in [0.3, 0.4) is 0 Å². The first kappa shape index (κ1) is 18.2. The standard InChI is InChI=1S/C13H19N3O.2ClH/c1-16(10-11-6-2-4-8-14-11)13(17)12-7-3-5-9-15-12;;/h2,4,6,8,12,15H,3,5,7,9-10H2,1H3;2*1H/t12-;;/m0../s1. The van der Waals surface area contributed by atoms with Crippen molar-refractivity contribution in [2.24, 2.45) is 0 Å². The van der Waals surface area contributed by atoms with Gasteiger partial charge in [-0.1, -0.05) is 12.5 Å². The predicted octanol–water partition coefficient (Wildman–Crippen LogP) is 2.03. The Morgan fingerprint density at radius 3 is 2.79 bits per heavy atom. The van der Waals surface area contributed by atoms with E-state index in [9.17, 15) is 4.79 Å². The molecule has 0 spiro atoms. The molecule has 1 saturated heterocycles. The second-order valence-electron chi connectivity index (χ2n) is 4.52. The zero-order valence-electron chi connectivity index (χ0n) is 11.0. The second kappa shape index (κ2) is 9.13. The number of aromatic nitrogens is 1. The van der Waals surface area contributed by atoms with Crippen LogP contribution in [0.25, 0.3) is 0 Å². The average molecular weight is 306 g/mol. The quantitative estimate of drug-likeness (QED) is 0.929. The summed E-state index contributed by atoms with van der Waals surface area (Å²) in [5, 5.41) is 3.27. The Kier molecular flexibility index (Phi) is 8.72. The molecule has 0 bridgehead atoms. The maximum atomic E-state index is 12.1. The third-order valence-corrected chi connectivity index (χ3v) is 3.11. The van der Waals surface area contributed by atoms with Crippen molar-refractivity contribution < 1.29 is 4.79 Å². The van der Waals surface area contributed by atoms with Crippen molar-refractivity contribution in [1.29, 1.82) is 0 Å². The number of rotatable bonds is 3. The van der Waals surface area contributed by atoms with E-state index in [2.05, 4.69) is 10.3 Å². The number of carbonyl (C=O) groups excluding carboxylic acids is 1. The molecule has 0 radical (unpaired) electrons. The van der Waals surface area contributed by atoms with Crippen LogP contribution in [0.15, 0.2) is 24.4 Å². The SMILES string of the molecule is CN(Cc1ccccn1)C(=O)[C@@H]1CCCCN1.Cl.Cl. The molecule has 0 aromatic carbocycles. The summed E-state index contributed by atoms with van der Waals surface area (Å²) in [7, 11) is 1.84. The minimum Gasteiger partial charge on any atom is -0.339 e. The van der Waals surface area contributed by atoms with Crippen LogP contribution >= 0.6 is 24.8 Å². The van der Waals surface area contributed by atoms with E-state index in [-0.39, 0.29) is 36.8 Å². The van der Waals surface area contributed by atoms with E-state index in [4.69, 9.17) is 0 Å². The Hall–Kier alpha value is -0.840. The van der Waals surface area contributed by atoms with Gasteiger partial charge in [0.15, 0.2) is 0 Å². The molecular weight excluding hydrogens is 285 g/mol. The van der Waals surface area contributed by atoms with Crippen LogP contribution in [-0.2, 0) is 11.3 Å². The normalized spacial score (nSPS) is 17.8. The molecule has 1 N–H and O–H groups in total. The second-order valence-corrected chi connectivity index (χ2v) is 4.52. The van der Waals surface area contributed by atoms with Gasteiger partial charge in [0.1, 0.15) is 0 Å². The maximum Gasteiger partial charge on any atom is 0.239 e. The highest BCUT2D eigenvalue weighted by molar-refractivity contribution is 5.85. The molecule has 1 aromatic heterocycles. The largest absolute Gasteiger partial charge is 0.339 e. The number of nitrogens with zero attached hydrogens (tertiary/aromatic N) is 2. The van der Waals surface area contributed by atoms with Gasteiger partial charge in [0.25, 0.3) is 0 Å². The number of hydrogen-bond donors (Lipinski definition) is 1. The van der Waals surface area contributed by atoms with Crippen molar-refractivity contribution in [1.82, 2.24) is 15.2 Å². The summed E-state index contributed by atoms with van der Waals surface area (Å²) in [6.07, 6.45) is 5.02. The first-order chi connectivity index (χ1) is 8.27. The van der Waals surface area contributed by atoms with Crippen LogP contribution in [0.4, 0.5) is 0 Å². The number of carbonyl (C=O) groups is 1. The van der Waals surface area contributed by atoms with Crippen LogP contribution in [0.2, 0.25) is 0 Å². The number of likely N-dealkylation sites (N-methyl/N-ethyl adjacent to an activating group) is 1. The third-order valence-electron chi connectivity index (χ3n) is 3.11. The minimum atomic E-state index is -0.00235. The molecule has 4 nitrogen and oxygen atoms in total. The topological polar surface area (TPSA) is 45.2 Å². The first-order valence-electron chi connectivity index (χ1n) is 6.15. The van der Waals surface area contributed by atoms with Gasteiger partial charge in [0, 0.05) is 13.2 Å². The van der Waals surface area contributed by atoms with E-state index in [0.717, 1.165) is 25.1 Å². The van der Waals surface area contributed by atoms with Gasteiger partial charge >= 0.3 is 0 Å². The smallest absolute Gasteiger partial charge is 0.239 e. The third kappa shape index (κ3) is 5.35. The van der Waals surface area contributed by atoms with Gasteiger partial charge in [-0.25, -0.2) is 0 Å². The number of piperidine rings is 1. The highest BCUT2D eigenvalue weighted by Crippen LogP contribution is 2.10. The Morgan fingerprint density at radius 2 is 2.21 bits per heavy atom. The summed E-state index contributed by atoms with van der Waals surface area (Å²) in [6, 6.07) is 5.77. The monoisotopic (exact) mass is 305 g/mol.